The minimum absolute atomic E-state index is 0.167. The van der Waals surface area contributed by atoms with E-state index in [-0.39, 0.29) is 5.91 Å². The second-order valence-corrected chi connectivity index (χ2v) is 8.29. The summed E-state index contributed by atoms with van der Waals surface area (Å²) in [5.74, 6) is 2.47. The van der Waals surface area contributed by atoms with Gasteiger partial charge >= 0.3 is 0 Å². The van der Waals surface area contributed by atoms with Gasteiger partial charge in [-0.25, -0.2) is 4.98 Å². The molecule has 0 bridgehead atoms. The van der Waals surface area contributed by atoms with Crippen molar-refractivity contribution in [1.29, 1.82) is 0 Å². The summed E-state index contributed by atoms with van der Waals surface area (Å²) in [5, 5.41) is 4.01. The molecule has 0 saturated carbocycles. The van der Waals surface area contributed by atoms with Gasteiger partial charge in [0.05, 0.1) is 12.6 Å². The first-order valence-electron chi connectivity index (χ1n) is 10.8. The number of fused-ring (bicyclic) bond motifs is 1. The molecule has 5 nitrogen and oxygen atoms in total. The van der Waals surface area contributed by atoms with Crippen LogP contribution in [-0.4, -0.2) is 31.1 Å². The predicted octanol–water partition coefficient (Wildman–Crippen LogP) is 5.44. The van der Waals surface area contributed by atoms with Gasteiger partial charge in [0, 0.05) is 30.2 Å². The van der Waals surface area contributed by atoms with Crippen molar-refractivity contribution in [3.05, 3.63) is 65.7 Å². The Balaban J connectivity index is 1.47. The lowest BCUT2D eigenvalue weighted by Gasteiger charge is -2.31. The fourth-order valence-corrected chi connectivity index (χ4v) is 3.92. The third-order valence-electron chi connectivity index (χ3n) is 5.92. The molecule has 0 spiro atoms. The van der Waals surface area contributed by atoms with E-state index in [1.165, 1.54) is 24.5 Å². The summed E-state index contributed by atoms with van der Waals surface area (Å²) in [6.45, 7) is 6.55. The summed E-state index contributed by atoms with van der Waals surface area (Å²) in [7, 11) is 1.63. The molecule has 1 saturated heterocycles. The van der Waals surface area contributed by atoms with Crippen molar-refractivity contribution < 1.29 is 9.53 Å². The molecule has 3 aromatic rings. The van der Waals surface area contributed by atoms with Crippen molar-refractivity contribution in [2.75, 3.05) is 30.4 Å². The Hall–Kier alpha value is -3.34. The van der Waals surface area contributed by atoms with Crippen LogP contribution in [0.3, 0.4) is 0 Å². The predicted molar refractivity (Wildman–Crippen MR) is 128 cm³/mol. The normalized spacial score (nSPS) is 14.9. The Bertz CT molecular complexity index is 1100. The fourth-order valence-electron chi connectivity index (χ4n) is 3.92. The maximum atomic E-state index is 12.4. The van der Waals surface area contributed by atoms with Crippen LogP contribution in [0.15, 0.2) is 54.6 Å². The summed E-state index contributed by atoms with van der Waals surface area (Å²) in [6, 6.07) is 15.6. The third-order valence-corrected chi connectivity index (χ3v) is 5.92. The summed E-state index contributed by atoms with van der Waals surface area (Å²) in [4.78, 5) is 19.6. The van der Waals surface area contributed by atoms with Gasteiger partial charge in [-0.15, -0.1) is 0 Å². The maximum Gasteiger partial charge on any atom is 0.248 e. The van der Waals surface area contributed by atoms with Crippen molar-refractivity contribution in [3.8, 4) is 5.75 Å². The lowest BCUT2D eigenvalue weighted by atomic mass is 9.99. The van der Waals surface area contributed by atoms with Crippen molar-refractivity contribution in [1.82, 2.24) is 4.98 Å². The topological polar surface area (TPSA) is 54.5 Å². The number of piperidine rings is 1. The van der Waals surface area contributed by atoms with E-state index >= 15 is 0 Å². The van der Waals surface area contributed by atoms with Crippen LogP contribution in [0.25, 0.3) is 17.0 Å². The molecule has 0 atom stereocenters. The van der Waals surface area contributed by atoms with Gasteiger partial charge in [-0.3, -0.25) is 4.79 Å². The molecule has 1 aliphatic rings. The van der Waals surface area contributed by atoms with Crippen LogP contribution in [-0.2, 0) is 4.79 Å². The first kappa shape index (κ1) is 20.9. The average molecular weight is 416 g/mol. The number of anilines is 2. The number of hydrogen-bond acceptors (Lipinski definition) is 4. The second-order valence-electron chi connectivity index (χ2n) is 8.29. The van der Waals surface area contributed by atoms with E-state index in [2.05, 4.69) is 30.1 Å². The van der Waals surface area contributed by atoms with E-state index in [9.17, 15) is 4.79 Å². The molecule has 2 heterocycles. The van der Waals surface area contributed by atoms with Crippen LogP contribution in [0, 0.1) is 12.8 Å². The number of aryl methyl sites for hydroxylation is 1. The quantitative estimate of drug-likeness (QED) is 0.564. The van der Waals surface area contributed by atoms with Gasteiger partial charge in [0.25, 0.3) is 0 Å². The van der Waals surface area contributed by atoms with Gasteiger partial charge in [0.2, 0.25) is 5.91 Å². The number of rotatable bonds is 5. The van der Waals surface area contributed by atoms with E-state index in [1.54, 1.807) is 13.2 Å². The second kappa shape index (κ2) is 9.21. The highest BCUT2D eigenvalue weighted by atomic mass is 16.5. The number of nitrogens with zero attached hydrogens (tertiary/aromatic N) is 2. The Morgan fingerprint density at radius 3 is 2.58 bits per heavy atom. The molecule has 0 aliphatic carbocycles. The van der Waals surface area contributed by atoms with Crippen molar-refractivity contribution >= 4 is 34.4 Å². The SMILES string of the molecule is COc1ccc(/C=C/C(=O)Nc2ccc3nc(N4CCC(C)CC4)cc(C)c3c2)cc1. The van der Waals surface area contributed by atoms with Gasteiger partial charge in [0.1, 0.15) is 11.6 Å². The van der Waals surface area contributed by atoms with Crippen LogP contribution < -0.4 is 15.0 Å². The lowest BCUT2D eigenvalue weighted by Crippen LogP contribution is -2.33. The van der Waals surface area contributed by atoms with E-state index in [4.69, 9.17) is 9.72 Å². The number of hydrogen-bond donors (Lipinski definition) is 1. The molecular formula is C26H29N3O2. The Morgan fingerprint density at radius 2 is 1.87 bits per heavy atom. The Labute approximate surface area is 183 Å². The van der Waals surface area contributed by atoms with Gasteiger partial charge < -0.3 is 15.0 Å². The molecule has 1 aromatic heterocycles. The Kier molecular flexibility index (Phi) is 6.21. The van der Waals surface area contributed by atoms with Crippen molar-refractivity contribution in [2.45, 2.75) is 26.7 Å². The average Bonchev–Trinajstić information content (AvgIpc) is 2.79. The highest BCUT2D eigenvalue weighted by molar-refractivity contribution is 6.03. The summed E-state index contributed by atoms with van der Waals surface area (Å²) in [6.07, 6.45) is 5.76. The number of benzene rings is 2. The number of ether oxygens (including phenoxy) is 1. The molecule has 5 heteroatoms. The summed E-state index contributed by atoms with van der Waals surface area (Å²) in [5.41, 5.74) is 3.83. The highest BCUT2D eigenvalue weighted by Crippen LogP contribution is 2.28. The number of carbonyl (C=O) groups is 1. The zero-order chi connectivity index (χ0) is 21.8. The monoisotopic (exact) mass is 415 g/mol. The number of nitrogens with one attached hydrogen (secondary N) is 1. The molecule has 0 unspecified atom stereocenters. The highest BCUT2D eigenvalue weighted by Gasteiger charge is 2.18. The maximum absolute atomic E-state index is 12.4. The zero-order valence-corrected chi connectivity index (χ0v) is 18.4. The van der Waals surface area contributed by atoms with Crippen LogP contribution in [0.2, 0.25) is 0 Å². The van der Waals surface area contributed by atoms with Crippen molar-refractivity contribution in [2.24, 2.45) is 5.92 Å². The molecule has 2 aromatic carbocycles. The number of aromatic nitrogens is 1. The van der Waals surface area contributed by atoms with Gasteiger partial charge in [-0.1, -0.05) is 19.1 Å². The van der Waals surface area contributed by atoms with Crippen LogP contribution in [0.4, 0.5) is 11.5 Å². The number of carbonyl (C=O) groups excluding carboxylic acids is 1. The fraction of sp³-hybridized carbons (Fsp3) is 0.308. The van der Waals surface area contributed by atoms with Crippen LogP contribution >= 0.6 is 0 Å². The number of pyridine rings is 1. The standard InChI is InChI=1S/C26H29N3O2/c1-18-12-14-29(15-13-18)25-16-19(2)23-17-21(7-10-24(23)28-25)27-26(30)11-6-20-4-8-22(31-3)9-5-20/h4-11,16-18H,12-15H2,1-3H3,(H,27,30)/b11-6+. The van der Waals surface area contributed by atoms with Crippen LogP contribution in [0.5, 0.6) is 5.75 Å². The van der Waals surface area contributed by atoms with E-state index in [1.807, 2.05) is 42.5 Å². The minimum atomic E-state index is -0.167. The molecular weight excluding hydrogens is 386 g/mol. The van der Waals surface area contributed by atoms with Gasteiger partial charge in [-0.05, 0) is 79.3 Å². The molecule has 4 rings (SSSR count). The molecule has 1 fully saturated rings. The van der Waals surface area contributed by atoms with E-state index in [0.717, 1.165) is 52.7 Å². The van der Waals surface area contributed by atoms with E-state index < -0.39 is 0 Å². The summed E-state index contributed by atoms with van der Waals surface area (Å²) < 4.78 is 5.15. The van der Waals surface area contributed by atoms with Crippen LogP contribution in [0.1, 0.15) is 30.9 Å². The van der Waals surface area contributed by atoms with Gasteiger partial charge in [0.15, 0.2) is 0 Å². The third kappa shape index (κ3) is 5.05. The lowest BCUT2D eigenvalue weighted by molar-refractivity contribution is -0.111. The Morgan fingerprint density at radius 1 is 1.13 bits per heavy atom. The van der Waals surface area contributed by atoms with Gasteiger partial charge in [-0.2, -0.15) is 0 Å². The van der Waals surface area contributed by atoms with E-state index in [0.29, 0.717) is 0 Å². The molecule has 31 heavy (non-hydrogen) atoms. The molecule has 1 aliphatic heterocycles. The molecule has 0 radical (unpaired) electrons. The molecule has 1 amide bonds. The first-order chi connectivity index (χ1) is 15.0. The summed E-state index contributed by atoms with van der Waals surface area (Å²) >= 11 is 0. The zero-order valence-electron chi connectivity index (χ0n) is 18.4. The number of methoxy groups -OCH3 is 1. The minimum Gasteiger partial charge on any atom is -0.497 e. The van der Waals surface area contributed by atoms with Crippen molar-refractivity contribution in [3.63, 3.8) is 0 Å². The smallest absolute Gasteiger partial charge is 0.248 e. The molecule has 160 valence electrons. The number of amides is 1. The molecule has 1 N–H and O–H groups in total. The largest absolute Gasteiger partial charge is 0.497 e. The first-order valence-corrected chi connectivity index (χ1v) is 10.8.